The van der Waals surface area contributed by atoms with Crippen LogP contribution in [0.25, 0.3) is 0 Å². The highest BCUT2D eigenvalue weighted by Gasteiger charge is 2.42. The molecule has 178 valence electrons. The first-order valence-electron chi connectivity index (χ1n) is 10.9. The van der Waals surface area contributed by atoms with Crippen LogP contribution in [0.5, 0.6) is 0 Å². The number of nitrogens with zero attached hydrogens (tertiary/aromatic N) is 4. The smallest absolute Gasteiger partial charge is 0.321 e. The number of aliphatic imine (C=N–C) groups is 1. The molecule has 0 aromatic heterocycles. The molecule has 1 saturated heterocycles. The van der Waals surface area contributed by atoms with Crippen molar-refractivity contribution in [3.63, 3.8) is 0 Å². The molecule has 0 spiro atoms. The molecule has 0 radical (unpaired) electrons. The Bertz CT molecular complexity index is 1100. The van der Waals surface area contributed by atoms with Gasteiger partial charge in [-0.05, 0) is 36.8 Å². The van der Waals surface area contributed by atoms with Crippen LogP contribution < -0.4 is 10.2 Å². The summed E-state index contributed by atoms with van der Waals surface area (Å²) in [6, 6.07) is 12.5. The average molecular weight is 486 g/mol. The van der Waals surface area contributed by atoms with Gasteiger partial charge in [0, 0.05) is 49.0 Å². The molecule has 0 bridgehead atoms. The Morgan fingerprint density at radius 1 is 1.12 bits per heavy atom. The molecule has 2 aromatic carbocycles. The minimum absolute atomic E-state index is 0.0841. The lowest BCUT2D eigenvalue weighted by Gasteiger charge is -2.39. The number of piperazine rings is 1. The van der Waals surface area contributed by atoms with Gasteiger partial charge in [-0.15, -0.1) is 0 Å². The van der Waals surface area contributed by atoms with E-state index in [9.17, 15) is 19.7 Å². The molecular weight excluding hydrogens is 462 g/mol. The quantitative estimate of drug-likeness (QED) is 0.299. The standard InChI is InChI=1S/C23H24ClN5O5/c1-2-34-22(31)19-20(15-3-7-18(8-4-15)29(32)33)25-23(26-21(19)30)28-13-11-27(12-14-28)17-9-5-16(24)6-10-17/h3-10,19-20H,2,11-14H2,1H3,(H,25,26,30)/t19-,20-/m0/s1. The molecule has 1 amide bonds. The highest BCUT2D eigenvalue weighted by atomic mass is 35.5. The van der Waals surface area contributed by atoms with Crippen LogP contribution in [0.4, 0.5) is 11.4 Å². The van der Waals surface area contributed by atoms with Crippen LogP contribution in [0.1, 0.15) is 18.5 Å². The van der Waals surface area contributed by atoms with Crippen molar-refractivity contribution in [1.82, 2.24) is 10.2 Å². The number of esters is 1. The molecule has 0 unspecified atom stereocenters. The third-order valence-corrected chi connectivity index (χ3v) is 6.10. The van der Waals surface area contributed by atoms with Gasteiger partial charge < -0.3 is 14.5 Å². The van der Waals surface area contributed by atoms with E-state index in [0.717, 1.165) is 5.69 Å². The topological polar surface area (TPSA) is 117 Å². The Hall–Kier alpha value is -3.66. The number of anilines is 1. The first-order chi connectivity index (χ1) is 16.4. The number of guanidine groups is 1. The summed E-state index contributed by atoms with van der Waals surface area (Å²) in [5.41, 5.74) is 1.50. The lowest BCUT2D eigenvalue weighted by molar-refractivity contribution is -0.384. The number of carbonyl (C=O) groups is 2. The third kappa shape index (κ3) is 4.96. The van der Waals surface area contributed by atoms with Gasteiger partial charge in [0.15, 0.2) is 5.92 Å². The fourth-order valence-electron chi connectivity index (χ4n) is 4.09. The zero-order valence-electron chi connectivity index (χ0n) is 18.5. The van der Waals surface area contributed by atoms with Crippen LogP contribution in [0.15, 0.2) is 53.5 Å². The number of halogens is 1. The number of benzene rings is 2. The average Bonchev–Trinajstić information content (AvgIpc) is 2.84. The van der Waals surface area contributed by atoms with E-state index in [1.165, 1.54) is 24.3 Å². The highest BCUT2D eigenvalue weighted by Crippen LogP contribution is 2.32. The molecule has 2 aromatic rings. The molecule has 2 aliphatic heterocycles. The fraction of sp³-hybridized carbons (Fsp3) is 0.348. The van der Waals surface area contributed by atoms with E-state index in [2.05, 4.69) is 10.2 Å². The first kappa shape index (κ1) is 23.5. The number of nitro groups is 1. The van der Waals surface area contributed by atoms with Crippen molar-refractivity contribution in [2.24, 2.45) is 10.9 Å². The summed E-state index contributed by atoms with van der Waals surface area (Å²) < 4.78 is 5.11. The van der Waals surface area contributed by atoms with Crippen molar-refractivity contribution < 1.29 is 19.2 Å². The molecule has 1 fully saturated rings. The Morgan fingerprint density at radius 2 is 1.74 bits per heavy atom. The molecule has 4 rings (SSSR count). The lowest BCUT2D eigenvalue weighted by atomic mass is 9.91. The van der Waals surface area contributed by atoms with Gasteiger partial charge in [0.05, 0.1) is 11.5 Å². The van der Waals surface area contributed by atoms with E-state index >= 15 is 0 Å². The van der Waals surface area contributed by atoms with Crippen molar-refractivity contribution in [2.45, 2.75) is 13.0 Å². The van der Waals surface area contributed by atoms with Crippen molar-refractivity contribution in [3.05, 3.63) is 69.2 Å². The first-order valence-corrected chi connectivity index (χ1v) is 11.3. The van der Waals surface area contributed by atoms with Gasteiger partial charge in [0.25, 0.3) is 5.69 Å². The Balaban J connectivity index is 1.57. The molecule has 11 heteroatoms. The number of hydrogen-bond donors (Lipinski definition) is 1. The number of carbonyl (C=O) groups excluding carboxylic acids is 2. The zero-order chi connectivity index (χ0) is 24.2. The summed E-state index contributed by atoms with van der Waals surface area (Å²) in [6.45, 7) is 4.42. The number of nitro benzene ring substituents is 1. The summed E-state index contributed by atoms with van der Waals surface area (Å²) in [5, 5.41) is 14.5. The normalized spacial score (nSPS) is 20.4. The summed E-state index contributed by atoms with van der Waals surface area (Å²) in [7, 11) is 0. The number of ether oxygens (including phenoxy) is 1. The minimum Gasteiger partial charge on any atom is -0.465 e. The van der Waals surface area contributed by atoms with Crippen LogP contribution in [-0.4, -0.2) is 60.4 Å². The maximum absolute atomic E-state index is 13.0. The van der Waals surface area contributed by atoms with E-state index in [1.54, 1.807) is 6.92 Å². The Kier molecular flexibility index (Phi) is 6.97. The predicted octanol–water partition coefficient (Wildman–Crippen LogP) is 2.78. The van der Waals surface area contributed by atoms with Gasteiger partial charge >= 0.3 is 5.97 Å². The predicted molar refractivity (Wildman–Crippen MR) is 127 cm³/mol. The summed E-state index contributed by atoms with van der Waals surface area (Å²) in [4.78, 5) is 45.0. The van der Waals surface area contributed by atoms with Crippen LogP contribution in [0.2, 0.25) is 5.02 Å². The molecule has 2 heterocycles. The van der Waals surface area contributed by atoms with Crippen LogP contribution in [-0.2, 0) is 14.3 Å². The lowest BCUT2D eigenvalue weighted by Crippen LogP contribution is -2.57. The SMILES string of the molecule is CCOC(=O)[C@@H]1C(=O)NC(N2CCN(c3ccc(Cl)cc3)CC2)=N[C@H]1c1ccc([N+](=O)[O-])cc1. The number of nitrogens with one attached hydrogen (secondary N) is 1. The van der Waals surface area contributed by atoms with Gasteiger partial charge in [-0.25, -0.2) is 4.99 Å². The van der Waals surface area contributed by atoms with E-state index < -0.39 is 28.8 Å². The maximum atomic E-state index is 13.0. The van der Waals surface area contributed by atoms with E-state index in [-0.39, 0.29) is 12.3 Å². The molecule has 34 heavy (non-hydrogen) atoms. The van der Waals surface area contributed by atoms with Crippen LogP contribution in [0.3, 0.4) is 0 Å². The Labute approximate surface area is 201 Å². The minimum atomic E-state index is -1.18. The van der Waals surface area contributed by atoms with E-state index in [4.69, 9.17) is 21.3 Å². The van der Waals surface area contributed by atoms with Gasteiger partial charge in [-0.2, -0.15) is 0 Å². The second-order valence-electron chi connectivity index (χ2n) is 7.92. The maximum Gasteiger partial charge on any atom is 0.321 e. The zero-order valence-corrected chi connectivity index (χ0v) is 19.3. The molecule has 1 N–H and O–H groups in total. The number of rotatable bonds is 5. The van der Waals surface area contributed by atoms with Gasteiger partial charge in [-0.3, -0.25) is 25.0 Å². The largest absolute Gasteiger partial charge is 0.465 e. The second kappa shape index (κ2) is 10.1. The van der Waals surface area contributed by atoms with Gasteiger partial charge in [0.1, 0.15) is 6.04 Å². The number of non-ortho nitro benzene ring substituents is 1. The monoisotopic (exact) mass is 485 g/mol. The van der Waals surface area contributed by atoms with Crippen molar-refractivity contribution in [3.8, 4) is 0 Å². The Morgan fingerprint density at radius 3 is 2.32 bits per heavy atom. The molecule has 10 nitrogen and oxygen atoms in total. The van der Waals surface area contributed by atoms with E-state index in [1.807, 2.05) is 29.2 Å². The fourth-order valence-corrected chi connectivity index (χ4v) is 4.21. The molecular formula is C23H24ClN5O5. The van der Waals surface area contributed by atoms with Crippen molar-refractivity contribution in [2.75, 3.05) is 37.7 Å². The van der Waals surface area contributed by atoms with Crippen LogP contribution in [0, 0.1) is 16.0 Å². The van der Waals surface area contributed by atoms with Gasteiger partial charge in [0.2, 0.25) is 11.9 Å². The molecule has 0 saturated carbocycles. The summed E-state index contributed by atoms with van der Waals surface area (Å²) in [5.74, 6) is -1.99. The number of amides is 1. The van der Waals surface area contributed by atoms with E-state index in [0.29, 0.717) is 42.7 Å². The van der Waals surface area contributed by atoms with Crippen LogP contribution >= 0.6 is 11.6 Å². The second-order valence-corrected chi connectivity index (χ2v) is 8.35. The summed E-state index contributed by atoms with van der Waals surface area (Å²) in [6.07, 6.45) is 0. The van der Waals surface area contributed by atoms with Crippen molar-refractivity contribution in [1.29, 1.82) is 0 Å². The molecule has 2 aliphatic rings. The third-order valence-electron chi connectivity index (χ3n) is 5.85. The highest BCUT2D eigenvalue weighted by molar-refractivity contribution is 6.30. The van der Waals surface area contributed by atoms with Gasteiger partial charge in [-0.1, -0.05) is 23.7 Å². The molecule has 2 atom stereocenters. The molecule has 0 aliphatic carbocycles. The summed E-state index contributed by atoms with van der Waals surface area (Å²) >= 11 is 5.98. The van der Waals surface area contributed by atoms with Crippen molar-refractivity contribution >= 4 is 40.8 Å². The number of hydrogen-bond acceptors (Lipinski definition) is 8.